The Morgan fingerprint density at radius 3 is 1.88 bits per heavy atom. The molecule has 0 bridgehead atoms. The van der Waals surface area contributed by atoms with Gasteiger partial charge in [-0.2, -0.15) is 0 Å². The highest BCUT2D eigenvalue weighted by Crippen LogP contribution is 2.39. The molecule has 1 atom stereocenters. The van der Waals surface area contributed by atoms with Gasteiger partial charge >= 0.3 is 0 Å². The Hall–Kier alpha value is -6.72. The van der Waals surface area contributed by atoms with Crippen molar-refractivity contribution in [3.8, 4) is 16.8 Å². The first-order valence-corrected chi connectivity index (χ1v) is 16.9. The summed E-state index contributed by atoms with van der Waals surface area (Å²) in [5.41, 5.74) is 10.3. The predicted molar refractivity (Wildman–Crippen MR) is 205 cm³/mol. The van der Waals surface area contributed by atoms with Gasteiger partial charge < -0.3 is 14.3 Å². The molecule has 0 saturated carbocycles. The van der Waals surface area contributed by atoms with Gasteiger partial charge in [-0.1, -0.05) is 140 Å². The summed E-state index contributed by atoms with van der Waals surface area (Å²) < 4.78 is 9.12. The summed E-state index contributed by atoms with van der Waals surface area (Å²) in [4.78, 5) is 10.2. The minimum Gasteiger partial charge on any atom is -0.454 e. The molecule has 0 saturated heterocycles. The first-order valence-electron chi connectivity index (χ1n) is 16.9. The third-order valence-corrected chi connectivity index (χ3v) is 9.66. The maximum absolute atomic E-state index is 6.80. The number of amidine groups is 2. The Balaban J connectivity index is 1.09. The van der Waals surface area contributed by atoms with Crippen LogP contribution in [0.2, 0.25) is 0 Å². The normalized spacial score (nSPS) is 14.6. The Labute approximate surface area is 288 Å². The summed E-state index contributed by atoms with van der Waals surface area (Å²) in [6, 6.07) is 59.1. The van der Waals surface area contributed by atoms with E-state index in [0.717, 1.165) is 72.3 Å². The van der Waals surface area contributed by atoms with E-state index < -0.39 is 0 Å². The fourth-order valence-electron chi connectivity index (χ4n) is 7.29. The number of hydrogen-bond acceptors (Lipinski definition) is 4. The lowest BCUT2D eigenvalue weighted by Crippen LogP contribution is -2.33. The van der Waals surface area contributed by atoms with Crippen molar-refractivity contribution < 1.29 is 4.42 Å². The van der Waals surface area contributed by atoms with Crippen molar-refractivity contribution in [1.29, 1.82) is 0 Å². The Morgan fingerprint density at radius 1 is 0.500 bits per heavy atom. The molecule has 3 heterocycles. The molecule has 1 unspecified atom stereocenters. The van der Waals surface area contributed by atoms with E-state index in [4.69, 9.17) is 14.4 Å². The molecule has 50 heavy (non-hydrogen) atoms. The molecular weight excluding hydrogens is 613 g/mol. The lowest BCUT2D eigenvalue weighted by atomic mass is 10.0. The van der Waals surface area contributed by atoms with E-state index in [2.05, 4.69) is 155 Å². The van der Waals surface area contributed by atoms with Gasteiger partial charge in [-0.25, -0.2) is 9.98 Å². The quantitative estimate of drug-likeness (QED) is 0.203. The second-order valence-corrected chi connectivity index (χ2v) is 12.7. The van der Waals surface area contributed by atoms with Crippen LogP contribution >= 0.6 is 0 Å². The summed E-state index contributed by atoms with van der Waals surface area (Å²) in [5.74, 6) is 1.47. The molecular formula is C45H30N4O. The maximum atomic E-state index is 6.80. The molecule has 0 radical (unpaired) electrons. The van der Waals surface area contributed by atoms with Crippen LogP contribution in [0.1, 0.15) is 22.9 Å². The van der Waals surface area contributed by atoms with Crippen LogP contribution in [0.5, 0.6) is 0 Å². The number of rotatable bonds is 5. The Bertz CT molecular complexity index is 2740. The largest absolute Gasteiger partial charge is 0.454 e. The highest BCUT2D eigenvalue weighted by Gasteiger charge is 2.23. The van der Waals surface area contributed by atoms with Crippen LogP contribution in [0.25, 0.3) is 60.6 Å². The minimum absolute atomic E-state index is 0.368. The van der Waals surface area contributed by atoms with Gasteiger partial charge in [0.15, 0.2) is 11.4 Å². The van der Waals surface area contributed by atoms with Gasteiger partial charge in [0, 0.05) is 38.2 Å². The van der Waals surface area contributed by atoms with Crippen LogP contribution in [0.3, 0.4) is 0 Å². The lowest BCUT2D eigenvalue weighted by Gasteiger charge is -2.24. The van der Waals surface area contributed by atoms with Gasteiger partial charge in [0.25, 0.3) is 0 Å². The second-order valence-electron chi connectivity index (χ2n) is 12.7. The van der Waals surface area contributed by atoms with Crippen molar-refractivity contribution in [2.75, 3.05) is 0 Å². The topological polar surface area (TPSA) is 54.8 Å². The Kier molecular flexibility index (Phi) is 6.49. The molecule has 0 aliphatic carbocycles. The van der Waals surface area contributed by atoms with Crippen molar-refractivity contribution in [3.05, 3.63) is 187 Å². The van der Waals surface area contributed by atoms with Gasteiger partial charge in [-0.3, -0.25) is 0 Å². The zero-order valence-corrected chi connectivity index (χ0v) is 27.0. The third-order valence-electron chi connectivity index (χ3n) is 9.66. The molecule has 0 amide bonds. The summed E-state index contributed by atoms with van der Waals surface area (Å²) >= 11 is 0. The van der Waals surface area contributed by atoms with Crippen LogP contribution in [0.4, 0.5) is 0 Å². The smallest absolute Gasteiger partial charge is 0.159 e. The molecule has 1 aliphatic heterocycles. The first kappa shape index (κ1) is 28.3. The molecule has 0 spiro atoms. The van der Waals surface area contributed by atoms with E-state index in [1.54, 1.807) is 0 Å². The number of aromatic nitrogens is 1. The number of nitrogens with one attached hydrogen (secondary N) is 1. The number of nitrogens with zero attached hydrogens (tertiary/aromatic N) is 3. The fraction of sp³-hybridized carbons (Fsp3) is 0.0222. The fourth-order valence-corrected chi connectivity index (χ4v) is 7.29. The maximum Gasteiger partial charge on any atom is 0.159 e. The standard InChI is InChI=1S/C45H30N4O/c1-3-13-29(14-4-1)31-17-11-18-32(27-31)44-46-43(30-15-5-2-6-16-30)47-45(48-44)33-25-26-36-37-21-12-24-40(42(37)50-41(36)28-33)49-38-22-9-7-19-34(38)35-20-8-10-23-39(35)49/h1-28,45H,(H,46,47,48). The summed E-state index contributed by atoms with van der Waals surface area (Å²) in [6.45, 7) is 0. The Morgan fingerprint density at radius 2 is 1.12 bits per heavy atom. The molecule has 236 valence electrons. The van der Waals surface area contributed by atoms with E-state index >= 15 is 0 Å². The van der Waals surface area contributed by atoms with Crippen molar-refractivity contribution in [1.82, 2.24) is 9.88 Å². The van der Waals surface area contributed by atoms with E-state index in [1.807, 2.05) is 24.3 Å². The number of fused-ring (bicyclic) bond motifs is 6. The average Bonchev–Trinajstić information content (AvgIpc) is 3.74. The van der Waals surface area contributed by atoms with Gasteiger partial charge in [0.1, 0.15) is 17.6 Å². The van der Waals surface area contributed by atoms with Crippen molar-refractivity contribution in [3.63, 3.8) is 0 Å². The SMILES string of the molecule is c1ccc(C2=NC(c3ccc4c(c3)oc3c(-n5c6ccccc6c6ccccc65)cccc34)NC(c3cccc(-c4ccccc4)c3)=N2)cc1. The number of para-hydroxylation sites is 3. The summed E-state index contributed by atoms with van der Waals surface area (Å²) in [6.07, 6.45) is -0.368. The highest BCUT2D eigenvalue weighted by molar-refractivity contribution is 6.14. The molecule has 5 heteroatoms. The lowest BCUT2D eigenvalue weighted by molar-refractivity contribution is 0.653. The van der Waals surface area contributed by atoms with Crippen molar-refractivity contribution in [2.45, 2.75) is 6.17 Å². The van der Waals surface area contributed by atoms with E-state index in [1.165, 1.54) is 10.8 Å². The van der Waals surface area contributed by atoms with Gasteiger partial charge in [0.05, 0.1) is 16.7 Å². The monoisotopic (exact) mass is 642 g/mol. The molecule has 10 rings (SSSR count). The van der Waals surface area contributed by atoms with Crippen LogP contribution in [-0.4, -0.2) is 16.2 Å². The minimum atomic E-state index is -0.368. The zero-order chi connectivity index (χ0) is 33.0. The van der Waals surface area contributed by atoms with Crippen LogP contribution < -0.4 is 5.32 Å². The zero-order valence-electron chi connectivity index (χ0n) is 27.0. The average molecular weight is 643 g/mol. The molecule has 2 aromatic heterocycles. The number of aliphatic imine (C=N–C) groups is 2. The number of benzene rings is 7. The van der Waals surface area contributed by atoms with Crippen LogP contribution in [-0.2, 0) is 0 Å². The van der Waals surface area contributed by atoms with Crippen LogP contribution in [0, 0.1) is 0 Å². The predicted octanol–water partition coefficient (Wildman–Crippen LogP) is 10.8. The number of hydrogen-bond donors (Lipinski definition) is 1. The van der Waals surface area contributed by atoms with Crippen molar-refractivity contribution >= 4 is 55.4 Å². The van der Waals surface area contributed by atoms with E-state index in [0.29, 0.717) is 5.84 Å². The van der Waals surface area contributed by atoms with Crippen molar-refractivity contribution in [2.24, 2.45) is 9.98 Å². The van der Waals surface area contributed by atoms with E-state index in [-0.39, 0.29) is 6.17 Å². The third kappa shape index (κ3) is 4.63. The second kappa shape index (κ2) is 11.5. The summed E-state index contributed by atoms with van der Waals surface area (Å²) in [7, 11) is 0. The van der Waals surface area contributed by atoms with Gasteiger partial charge in [-0.05, 0) is 41.5 Å². The molecule has 1 N–H and O–H groups in total. The molecule has 5 nitrogen and oxygen atoms in total. The van der Waals surface area contributed by atoms with E-state index in [9.17, 15) is 0 Å². The van der Waals surface area contributed by atoms with Crippen LogP contribution in [0.15, 0.2) is 184 Å². The highest BCUT2D eigenvalue weighted by atomic mass is 16.3. The molecule has 7 aromatic carbocycles. The number of furan rings is 1. The molecule has 0 fully saturated rings. The summed E-state index contributed by atoms with van der Waals surface area (Å²) in [5, 5.41) is 8.25. The van der Waals surface area contributed by atoms with Gasteiger partial charge in [-0.15, -0.1) is 0 Å². The molecule has 9 aromatic rings. The van der Waals surface area contributed by atoms with Gasteiger partial charge in [0.2, 0.25) is 0 Å². The molecule has 1 aliphatic rings. The first-order chi connectivity index (χ1) is 24.8.